The monoisotopic (exact) mass is 300 g/mol. The molecular formula is C16H32N2O3. The molecule has 0 fully saturated rings. The minimum Gasteiger partial charge on any atom is -0.480 e. The van der Waals surface area contributed by atoms with E-state index in [9.17, 15) is 14.7 Å². The summed E-state index contributed by atoms with van der Waals surface area (Å²) in [5.74, 6) is -0.634. The Balaban J connectivity index is 5.14. The van der Waals surface area contributed by atoms with Gasteiger partial charge in [0.1, 0.15) is 5.54 Å². The Bertz CT molecular complexity index is 340. The third kappa shape index (κ3) is 5.94. The highest BCUT2D eigenvalue weighted by Gasteiger charge is 2.36. The van der Waals surface area contributed by atoms with E-state index >= 15 is 0 Å². The summed E-state index contributed by atoms with van der Waals surface area (Å²) < 4.78 is 0. The second-order valence-corrected chi connectivity index (χ2v) is 6.33. The lowest BCUT2D eigenvalue weighted by atomic mass is 9.96. The van der Waals surface area contributed by atoms with Gasteiger partial charge in [-0.25, -0.2) is 9.59 Å². The normalized spacial score (nSPS) is 14.1. The molecule has 0 saturated carbocycles. The van der Waals surface area contributed by atoms with Gasteiger partial charge in [-0.1, -0.05) is 41.0 Å². The van der Waals surface area contributed by atoms with E-state index in [-0.39, 0.29) is 12.1 Å². The van der Waals surface area contributed by atoms with Gasteiger partial charge in [0.15, 0.2) is 0 Å². The van der Waals surface area contributed by atoms with Crippen LogP contribution in [0.4, 0.5) is 4.79 Å². The van der Waals surface area contributed by atoms with Crippen LogP contribution >= 0.6 is 0 Å². The summed E-state index contributed by atoms with van der Waals surface area (Å²) in [4.78, 5) is 25.8. The molecular weight excluding hydrogens is 268 g/mol. The molecule has 2 N–H and O–H groups in total. The molecule has 0 spiro atoms. The van der Waals surface area contributed by atoms with Gasteiger partial charge in [0.2, 0.25) is 0 Å². The second-order valence-electron chi connectivity index (χ2n) is 6.33. The third-order valence-electron chi connectivity index (χ3n) is 3.81. The highest BCUT2D eigenvalue weighted by atomic mass is 16.4. The number of hydrogen-bond acceptors (Lipinski definition) is 2. The number of carbonyl (C=O) groups is 2. The third-order valence-corrected chi connectivity index (χ3v) is 3.81. The number of nitrogens with one attached hydrogen (secondary N) is 1. The molecule has 0 saturated heterocycles. The predicted molar refractivity (Wildman–Crippen MR) is 85.4 cm³/mol. The number of amides is 2. The number of hydrogen-bond donors (Lipinski definition) is 2. The van der Waals surface area contributed by atoms with Crippen molar-refractivity contribution in [2.24, 2.45) is 5.92 Å². The zero-order valence-corrected chi connectivity index (χ0v) is 14.4. The Hall–Kier alpha value is -1.26. The number of rotatable bonds is 9. The van der Waals surface area contributed by atoms with Crippen molar-refractivity contribution in [1.82, 2.24) is 10.2 Å². The molecule has 2 amide bonds. The quantitative estimate of drug-likeness (QED) is 0.685. The summed E-state index contributed by atoms with van der Waals surface area (Å²) in [7, 11) is 0. The Morgan fingerprint density at radius 1 is 1.19 bits per heavy atom. The molecule has 0 aromatic rings. The molecule has 5 nitrogen and oxygen atoms in total. The first-order valence-corrected chi connectivity index (χ1v) is 8.03. The van der Waals surface area contributed by atoms with Crippen LogP contribution in [0.3, 0.4) is 0 Å². The van der Waals surface area contributed by atoms with Crippen molar-refractivity contribution in [3.63, 3.8) is 0 Å². The Morgan fingerprint density at radius 3 is 2.05 bits per heavy atom. The molecule has 0 aliphatic rings. The van der Waals surface area contributed by atoms with E-state index in [1.54, 1.807) is 11.8 Å². The smallest absolute Gasteiger partial charge is 0.329 e. The Kier molecular flexibility index (Phi) is 8.37. The first kappa shape index (κ1) is 19.7. The van der Waals surface area contributed by atoms with Crippen LogP contribution in [0.1, 0.15) is 67.2 Å². The molecule has 21 heavy (non-hydrogen) atoms. The van der Waals surface area contributed by atoms with Crippen LogP contribution in [-0.4, -0.2) is 40.1 Å². The van der Waals surface area contributed by atoms with Crippen molar-refractivity contribution >= 4 is 12.0 Å². The molecule has 1 unspecified atom stereocenters. The van der Waals surface area contributed by atoms with Crippen molar-refractivity contribution < 1.29 is 14.7 Å². The van der Waals surface area contributed by atoms with Gasteiger partial charge in [-0.2, -0.15) is 0 Å². The average Bonchev–Trinajstić information content (AvgIpc) is 2.38. The molecule has 0 heterocycles. The Morgan fingerprint density at radius 2 is 1.71 bits per heavy atom. The predicted octanol–water partition coefficient (Wildman–Crippen LogP) is 3.49. The zero-order chi connectivity index (χ0) is 16.6. The van der Waals surface area contributed by atoms with E-state index in [2.05, 4.69) is 33.0 Å². The van der Waals surface area contributed by atoms with Gasteiger partial charge in [0.05, 0.1) is 0 Å². The van der Waals surface area contributed by atoms with E-state index in [1.807, 2.05) is 6.92 Å². The summed E-state index contributed by atoms with van der Waals surface area (Å²) in [6.07, 6.45) is 2.87. The van der Waals surface area contributed by atoms with E-state index in [4.69, 9.17) is 0 Å². The number of carboxylic acid groups (broad SMARTS) is 1. The fourth-order valence-corrected chi connectivity index (χ4v) is 2.55. The first-order chi connectivity index (χ1) is 9.71. The lowest BCUT2D eigenvalue weighted by molar-refractivity contribution is -0.144. The van der Waals surface area contributed by atoms with Crippen LogP contribution in [0.15, 0.2) is 0 Å². The van der Waals surface area contributed by atoms with Crippen molar-refractivity contribution in [3.8, 4) is 0 Å². The topological polar surface area (TPSA) is 69.6 Å². The number of carboxylic acids is 1. The van der Waals surface area contributed by atoms with E-state index in [0.717, 1.165) is 12.8 Å². The van der Waals surface area contributed by atoms with E-state index < -0.39 is 11.5 Å². The molecule has 0 radical (unpaired) electrons. The van der Waals surface area contributed by atoms with Gasteiger partial charge < -0.3 is 15.3 Å². The van der Waals surface area contributed by atoms with Gasteiger partial charge in [0, 0.05) is 12.6 Å². The maximum atomic E-state index is 12.6. The van der Waals surface area contributed by atoms with Gasteiger partial charge in [-0.3, -0.25) is 0 Å². The summed E-state index contributed by atoms with van der Waals surface area (Å²) >= 11 is 0. The molecule has 0 rings (SSSR count). The summed E-state index contributed by atoms with van der Waals surface area (Å²) in [6, 6.07) is -0.122. The lowest BCUT2D eigenvalue weighted by Crippen LogP contribution is -2.58. The van der Waals surface area contributed by atoms with Crippen LogP contribution in [0.2, 0.25) is 0 Å². The molecule has 124 valence electrons. The molecule has 0 aliphatic carbocycles. The highest BCUT2D eigenvalue weighted by molar-refractivity contribution is 5.86. The van der Waals surface area contributed by atoms with Crippen LogP contribution in [-0.2, 0) is 4.79 Å². The fourth-order valence-electron chi connectivity index (χ4n) is 2.55. The molecule has 5 heteroatoms. The lowest BCUT2D eigenvalue weighted by Gasteiger charge is -2.35. The molecule has 0 aromatic heterocycles. The molecule has 0 bridgehead atoms. The van der Waals surface area contributed by atoms with Gasteiger partial charge in [0.25, 0.3) is 0 Å². The van der Waals surface area contributed by atoms with E-state index in [0.29, 0.717) is 25.3 Å². The van der Waals surface area contributed by atoms with Crippen molar-refractivity contribution in [1.29, 1.82) is 0 Å². The van der Waals surface area contributed by atoms with Crippen LogP contribution < -0.4 is 5.32 Å². The van der Waals surface area contributed by atoms with Gasteiger partial charge in [-0.15, -0.1) is 0 Å². The van der Waals surface area contributed by atoms with Crippen LogP contribution in [0, 0.1) is 5.92 Å². The molecule has 0 aromatic carbocycles. The average molecular weight is 300 g/mol. The number of aliphatic carboxylic acids is 1. The number of nitrogens with zero attached hydrogens (tertiary/aromatic N) is 1. The summed E-state index contributed by atoms with van der Waals surface area (Å²) in [5.41, 5.74) is -1.20. The number of carbonyl (C=O) groups excluding carboxylic acids is 1. The van der Waals surface area contributed by atoms with Crippen molar-refractivity contribution in [2.75, 3.05) is 6.54 Å². The van der Waals surface area contributed by atoms with Gasteiger partial charge >= 0.3 is 12.0 Å². The van der Waals surface area contributed by atoms with Crippen molar-refractivity contribution in [3.05, 3.63) is 0 Å². The van der Waals surface area contributed by atoms with Crippen LogP contribution in [0.25, 0.3) is 0 Å². The standard InChI is InChI=1S/C16H32N2O3/c1-7-10-16(6,14(19)20)17-15(21)18(11-12(4)5)13(8-2)9-3/h12-13H,7-11H2,1-6H3,(H,17,21)(H,19,20). The fraction of sp³-hybridized carbons (Fsp3) is 0.875. The molecule has 0 aliphatic heterocycles. The first-order valence-electron chi connectivity index (χ1n) is 8.03. The maximum absolute atomic E-state index is 12.6. The summed E-state index contributed by atoms with van der Waals surface area (Å²) in [5, 5.41) is 12.1. The maximum Gasteiger partial charge on any atom is 0.329 e. The largest absolute Gasteiger partial charge is 0.480 e. The van der Waals surface area contributed by atoms with E-state index in [1.165, 1.54) is 0 Å². The SMILES string of the molecule is CCCC(C)(NC(=O)N(CC(C)C)C(CC)CC)C(=O)O. The Labute approximate surface area is 129 Å². The van der Waals surface area contributed by atoms with Crippen molar-refractivity contribution in [2.45, 2.75) is 78.8 Å². The summed E-state index contributed by atoms with van der Waals surface area (Å²) in [6.45, 7) is 12.4. The minimum absolute atomic E-state index is 0.145. The second kappa shape index (κ2) is 8.90. The zero-order valence-electron chi connectivity index (χ0n) is 14.4. The highest BCUT2D eigenvalue weighted by Crippen LogP contribution is 2.17. The van der Waals surface area contributed by atoms with Gasteiger partial charge in [-0.05, 0) is 32.1 Å². The molecule has 1 atom stereocenters. The number of urea groups is 1. The van der Waals surface area contributed by atoms with Crippen LogP contribution in [0.5, 0.6) is 0 Å². The minimum atomic E-state index is -1.20.